The molecule has 1 atom stereocenters. The Hall–Kier alpha value is -2.82. The molecule has 2 aromatic rings. The van der Waals surface area contributed by atoms with Crippen molar-refractivity contribution in [2.45, 2.75) is 58.6 Å². The van der Waals surface area contributed by atoms with E-state index in [1.165, 1.54) is 5.56 Å². The molecule has 0 spiro atoms. The van der Waals surface area contributed by atoms with E-state index in [9.17, 15) is 14.7 Å². The molecule has 0 saturated carbocycles. The van der Waals surface area contributed by atoms with Crippen molar-refractivity contribution in [2.75, 3.05) is 0 Å². The van der Waals surface area contributed by atoms with Crippen molar-refractivity contribution in [2.24, 2.45) is 0 Å². The first-order valence-corrected chi connectivity index (χ1v) is 9.58. The molecule has 0 fully saturated rings. The number of hydrogen-bond acceptors (Lipinski definition) is 3. The minimum atomic E-state index is -1.10. The Morgan fingerprint density at radius 3 is 1.89 bits per heavy atom. The van der Waals surface area contributed by atoms with Gasteiger partial charge in [0.25, 0.3) is 0 Å². The molecule has 5 nitrogen and oxygen atoms in total. The molecule has 5 heteroatoms. The minimum absolute atomic E-state index is 0.185. The molecular formula is C23H29NO4. The van der Waals surface area contributed by atoms with Crippen LogP contribution in [0.4, 0.5) is 4.79 Å². The van der Waals surface area contributed by atoms with Gasteiger partial charge in [0.1, 0.15) is 11.6 Å². The zero-order valence-electron chi connectivity index (χ0n) is 17.0. The molecule has 2 aromatic carbocycles. The van der Waals surface area contributed by atoms with Gasteiger partial charge in [0.15, 0.2) is 0 Å². The number of carbonyl (C=O) groups is 2. The summed E-state index contributed by atoms with van der Waals surface area (Å²) in [6.45, 7) is 7.36. The van der Waals surface area contributed by atoms with E-state index >= 15 is 0 Å². The maximum absolute atomic E-state index is 11.9. The van der Waals surface area contributed by atoms with Gasteiger partial charge < -0.3 is 15.2 Å². The number of carboxylic acids is 1. The van der Waals surface area contributed by atoms with Gasteiger partial charge in [-0.2, -0.15) is 0 Å². The van der Waals surface area contributed by atoms with Gasteiger partial charge in [-0.15, -0.1) is 0 Å². The Morgan fingerprint density at radius 2 is 1.46 bits per heavy atom. The highest BCUT2D eigenvalue weighted by atomic mass is 16.6. The molecule has 0 aliphatic heterocycles. The Labute approximate surface area is 166 Å². The van der Waals surface area contributed by atoms with Crippen LogP contribution in [0.15, 0.2) is 48.5 Å². The van der Waals surface area contributed by atoms with Crippen LogP contribution in [-0.2, 0) is 22.4 Å². The highest BCUT2D eigenvalue weighted by Crippen LogP contribution is 2.21. The average molecular weight is 383 g/mol. The number of hydrogen-bond donors (Lipinski definition) is 2. The molecule has 150 valence electrons. The highest BCUT2D eigenvalue weighted by Gasteiger charge is 2.24. The summed E-state index contributed by atoms with van der Waals surface area (Å²) in [5.41, 5.74) is 3.66. The number of benzene rings is 2. The average Bonchev–Trinajstić information content (AvgIpc) is 2.61. The van der Waals surface area contributed by atoms with Gasteiger partial charge in [-0.1, -0.05) is 61.9 Å². The first kappa shape index (κ1) is 21.5. The monoisotopic (exact) mass is 383 g/mol. The van der Waals surface area contributed by atoms with Crippen LogP contribution in [0.2, 0.25) is 0 Å². The number of carbonyl (C=O) groups excluding carboxylic acids is 1. The summed E-state index contributed by atoms with van der Waals surface area (Å²) in [7, 11) is 0. The fraction of sp³-hybridized carbons (Fsp3) is 0.391. The SMILES string of the molecule is CCCc1ccc(-c2ccc(CC(NC(=O)OC(C)(C)C)C(=O)O)cc2)cc1. The van der Waals surface area contributed by atoms with Crippen molar-refractivity contribution in [3.05, 3.63) is 59.7 Å². The van der Waals surface area contributed by atoms with Crippen molar-refractivity contribution in [3.8, 4) is 11.1 Å². The van der Waals surface area contributed by atoms with E-state index < -0.39 is 23.7 Å². The molecule has 0 aliphatic rings. The molecular weight excluding hydrogens is 354 g/mol. The molecule has 0 aliphatic carbocycles. The van der Waals surface area contributed by atoms with Crippen LogP contribution in [0.1, 0.15) is 45.2 Å². The molecule has 0 heterocycles. The standard InChI is InChI=1S/C23H29NO4/c1-5-6-16-7-11-18(12-8-16)19-13-9-17(10-14-19)15-20(21(25)26)24-22(27)28-23(2,3)4/h7-14,20H,5-6,15H2,1-4H3,(H,24,27)(H,25,26). The molecule has 0 bridgehead atoms. The summed E-state index contributed by atoms with van der Waals surface area (Å²) in [5, 5.41) is 11.8. The lowest BCUT2D eigenvalue weighted by molar-refractivity contribution is -0.139. The fourth-order valence-electron chi connectivity index (χ4n) is 2.87. The summed E-state index contributed by atoms with van der Waals surface area (Å²) in [4.78, 5) is 23.4. The number of amides is 1. The summed E-state index contributed by atoms with van der Waals surface area (Å²) < 4.78 is 5.15. The second-order valence-electron chi connectivity index (χ2n) is 7.89. The molecule has 0 aromatic heterocycles. The number of carboxylic acid groups (broad SMARTS) is 1. The van der Waals surface area contributed by atoms with Gasteiger partial charge >= 0.3 is 12.1 Å². The Kier molecular flexibility index (Phi) is 7.21. The predicted molar refractivity (Wildman–Crippen MR) is 110 cm³/mol. The number of aryl methyl sites for hydroxylation is 1. The van der Waals surface area contributed by atoms with Crippen LogP contribution < -0.4 is 5.32 Å². The van der Waals surface area contributed by atoms with E-state index in [1.54, 1.807) is 20.8 Å². The summed E-state index contributed by atoms with van der Waals surface area (Å²) in [6.07, 6.45) is 1.64. The summed E-state index contributed by atoms with van der Waals surface area (Å²) in [6, 6.07) is 15.1. The Balaban J connectivity index is 2.04. The van der Waals surface area contributed by atoms with E-state index in [0.29, 0.717) is 0 Å². The van der Waals surface area contributed by atoms with Crippen LogP contribution in [-0.4, -0.2) is 28.8 Å². The van der Waals surface area contributed by atoms with Gasteiger partial charge in [0, 0.05) is 6.42 Å². The van der Waals surface area contributed by atoms with Gasteiger partial charge in [-0.05, 0) is 49.4 Å². The van der Waals surface area contributed by atoms with Crippen molar-refractivity contribution in [1.82, 2.24) is 5.32 Å². The van der Waals surface area contributed by atoms with Crippen LogP contribution in [0.3, 0.4) is 0 Å². The minimum Gasteiger partial charge on any atom is -0.480 e. The maximum atomic E-state index is 11.9. The van der Waals surface area contributed by atoms with Crippen molar-refractivity contribution >= 4 is 12.1 Å². The number of alkyl carbamates (subject to hydrolysis) is 1. The third-order valence-electron chi connectivity index (χ3n) is 4.21. The van der Waals surface area contributed by atoms with E-state index in [-0.39, 0.29) is 6.42 Å². The quantitative estimate of drug-likeness (QED) is 0.718. The second-order valence-corrected chi connectivity index (χ2v) is 7.89. The number of ether oxygens (including phenoxy) is 1. The summed E-state index contributed by atoms with van der Waals surface area (Å²) in [5.74, 6) is -1.10. The van der Waals surface area contributed by atoms with Gasteiger partial charge in [-0.25, -0.2) is 9.59 Å². The fourth-order valence-corrected chi connectivity index (χ4v) is 2.87. The largest absolute Gasteiger partial charge is 0.480 e. The molecule has 1 unspecified atom stereocenters. The molecule has 2 N–H and O–H groups in total. The van der Waals surface area contributed by atoms with Crippen LogP contribution in [0.5, 0.6) is 0 Å². The molecule has 1 amide bonds. The third-order valence-corrected chi connectivity index (χ3v) is 4.21. The predicted octanol–water partition coefficient (Wildman–Crippen LogP) is 4.83. The van der Waals surface area contributed by atoms with Crippen LogP contribution in [0.25, 0.3) is 11.1 Å². The topological polar surface area (TPSA) is 75.6 Å². The molecule has 2 rings (SSSR count). The van der Waals surface area contributed by atoms with E-state index in [0.717, 1.165) is 29.5 Å². The lowest BCUT2D eigenvalue weighted by Crippen LogP contribution is -2.44. The van der Waals surface area contributed by atoms with Gasteiger partial charge in [-0.3, -0.25) is 0 Å². The second kappa shape index (κ2) is 9.40. The van der Waals surface area contributed by atoms with Crippen molar-refractivity contribution in [1.29, 1.82) is 0 Å². The zero-order valence-corrected chi connectivity index (χ0v) is 17.0. The maximum Gasteiger partial charge on any atom is 0.408 e. The first-order chi connectivity index (χ1) is 13.2. The lowest BCUT2D eigenvalue weighted by atomic mass is 9.99. The Bertz CT molecular complexity index is 789. The molecule has 28 heavy (non-hydrogen) atoms. The van der Waals surface area contributed by atoms with Crippen molar-refractivity contribution in [3.63, 3.8) is 0 Å². The smallest absolute Gasteiger partial charge is 0.408 e. The van der Waals surface area contributed by atoms with Crippen molar-refractivity contribution < 1.29 is 19.4 Å². The number of nitrogens with one attached hydrogen (secondary N) is 1. The summed E-state index contributed by atoms with van der Waals surface area (Å²) >= 11 is 0. The highest BCUT2D eigenvalue weighted by molar-refractivity contribution is 5.80. The third kappa shape index (κ3) is 6.72. The zero-order chi connectivity index (χ0) is 20.7. The normalized spacial score (nSPS) is 12.3. The lowest BCUT2D eigenvalue weighted by Gasteiger charge is -2.22. The first-order valence-electron chi connectivity index (χ1n) is 9.58. The number of aliphatic carboxylic acids is 1. The van der Waals surface area contributed by atoms with Crippen LogP contribution >= 0.6 is 0 Å². The van der Waals surface area contributed by atoms with E-state index in [4.69, 9.17) is 4.74 Å². The molecule has 0 radical (unpaired) electrons. The van der Waals surface area contributed by atoms with Gasteiger partial charge in [0.05, 0.1) is 0 Å². The van der Waals surface area contributed by atoms with E-state index in [1.807, 2.05) is 24.3 Å². The van der Waals surface area contributed by atoms with Crippen LogP contribution in [0, 0.1) is 0 Å². The molecule has 0 saturated heterocycles. The number of rotatable bonds is 7. The van der Waals surface area contributed by atoms with E-state index in [2.05, 4.69) is 36.5 Å². The Morgan fingerprint density at radius 1 is 0.964 bits per heavy atom. The van der Waals surface area contributed by atoms with Gasteiger partial charge in [0.2, 0.25) is 0 Å².